The summed E-state index contributed by atoms with van der Waals surface area (Å²) in [5.74, 6) is -0.955. The Labute approximate surface area is 178 Å². The number of amides is 1. The van der Waals surface area contributed by atoms with Crippen molar-refractivity contribution < 1.29 is 30.0 Å². The van der Waals surface area contributed by atoms with Crippen LogP contribution in [0.1, 0.15) is 46.0 Å². The molecule has 0 spiro atoms. The molecule has 0 aromatic heterocycles. The van der Waals surface area contributed by atoms with Crippen LogP contribution in [0.15, 0.2) is 0 Å². The number of unbranched alkanes of at least 4 members (excludes halogenated alkanes) is 2. The zero-order valence-corrected chi connectivity index (χ0v) is 18.7. The van der Waals surface area contributed by atoms with Crippen molar-refractivity contribution in [1.29, 1.82) is 0 Å². The lowest BCUT2D eigenvalue weighted by Crippen LogP contribution is -2.62. The molecule has 2 aliphatic heterocycles. The fourth-order valence-electron chi connectivity index (χ4n) is 4.43. The average Bonchev–Trinajstić information content (AvgIpc) is 3.01. The van der Waals surface area contributed by atoms with Crippen LogP contribution in [0.3, 0.4) is 0 Å². The molecule has 2 heterocycles. The van der Waals surface area contributed by atoms with Crippen molar-refractivity contribution in [1.82, 2.24) is 10.2 Å². The van der Waals surface area contributed by atoms with Crippen molar-refractivity contribution in [3.05, 3.63) is 0 Å². The second-order valence-corrected chi connectivity index (χ2v) is 9.44. The SMILES string of the molecule is CCCCCC1CC(NC(=O)C(C(C)O)C2OC(SC)C(O)C(O)C2O)N(C)C1. The Morgan fingerprint density at radius 3 is 2.52 bits per heavy atom. The molecule has 0 bridgehead atoms. The number of carbonyl (C=O) groups is 1. The van der Waals surface area contributed by atoms with Crippen LogP contribution in [0, 0.1) is 11.8 Å². The van der Waals surface area contributed by atoms with E-state index in [0.29, 0.717) is 5.92 Å². The van der Waals surface area contributed by atoms with Crippen LogP contribution >= 0.6 is 11.8 Å². The average molecular weight is 435 g/mol. The Morgan fingerprint density at radius 2 is 1.93 bits per heavy atom. The van der Waals surface area contributed by atoms with Crippen LogP contribution < -0.4 is 5.32 Å². The molecule has 1 amide bonds. The number of nitrogens with one attached hydrogen (secondary N) is 1. The van der Waals surface area contributed by atoms with Gasteiger partial charge in [-0.2, -0.15) is 0 Å². The van der Waals surface area contributed by atoms with Crippen LogP contribution in [0.5, 0.6) is 0 Å². The minimum absolute atomic E-state index is 0.136. The van der Waals surface area contributed by atoms with Crippen LogP contribution in [0.25, 0.3) is 0 Å². The first kappa shape index (κ1) is 24.8. The van der Waals surface area contributed by atoms with Gasteiger partial charge in [-0.15, -0.1) is 11.8 Å². The molecule has 0 aromatic carbocycles. The fourth-order valence-corrected chi connectivity index (χ4v) is 5.11. The van der Waals surface area contributed by atoms with Crippen LogP contribution in [-0.4, -0.2) is 93.2 Å². The second-order valence-electron chi connectivity index (χ2n) is 8.50. The smallest absolute Gasteiger partial charge is 0.229 e. The van der Waals surface area contributed by atoms with E-state index in [1.54, 1.807) is 6.26 Å². The summed E-state index contributed by atoms with van der Waals surface area (Å²) in [6.07, 6.45) is 0.743. The Bertz CT molecular complexity index is 523. The monoisotopic (exact) mass is 434 g/mol. The van der Waals surface area contributed by atoms with Crippen LogP contribution in [0.4, 0.5) is 0 Å². The molecule has 9 unspecified atom stereocenters. The predicted molar refractivity (Wildman–Crippen MR) is 112 cm³/mol. The summed E-state index contributed by atoms with van der Waals surface area (Å²) in [4.78, 5) is 15.1. The molecule has 0 aliphatic carbocycles. The second kappa shape index (κ2) is 11.3. The van der Waals surface area contributed by atoms with E-state index < -0.39 is 47.8 Å². The van der Waals surface area contributed by atoms with E-state index >= 15 is 0 Å². The topological polar surface area (TPSA) is 122 Å². The number of thioether (sulfide) groups is 1. The highest BCUT2D eigenvalue weighted by atomic mass is 32.2. The van der Waals surface area contributed by atoms with Gasteiger partial charge in [0.15, 0.2) is 0 Å². The van der Waals surface area contributed by atoms with Crippen LogP contribution in [0.2, 0.25) is 0 Å². The Kier molecular flexibility index (Phi) is 9.66. The van der Waals surface area contributed by atoms with E-state index in [9.17, 15) is 25.2 Å². The van der Waals surface area contributed by atoms with Gasteiger partial charge in [0.25, 0.3) is 0 Å². The largest absolute Gasteiger partial charge is 0.392 e. The minimum atomic E-state index is -1.47. The molecule has 9 atom stereocenters. The van der Waals surface area contributed by atoms with E-state index in [-0.39, 0.29) is 6.17 Å². The molecular formula is C20H38N2O6S. The molecule has 170 valence electrons. The van der Waals surface area contributed by atoms with Crippen LogP contribution in [-0.2, 0) is 9.53 Å². The highest BCUT2D eigenvalue weighted by Gasteiger charge is 2.50. The first-order chi connectivity index (χ1) is 13.7. The molecule has 8 nitrogen and oxygen atoms in total. The lowest BCUT2D eigenvalue weighted by molar-refractivity contribution is -0.218. The van der Waals surface area contributed by atoms with E-state index in [4.69, 9.17) is 4.74 Å². The molecular weight excluding hydrogens is 396 g/mol. The molecule has 0 radical (unpaired) electrons. The summed E-state index contributed by atoms with van der Waals surface area (Å²) in [5.41, 5.74) is -0.787. The molecule has 0 aromatic rings. The maximum atomic E-state index is 13.0. The zero-order valence-electron chi connectivity index (χ0n) is 17.9. The first-order valence-electron chi connectivity index (χ1n) is 10.6. The maximum Gasteiger partial charge on any atom is 0.229 e. The summed E-state index contributed by atoms with van der Waals surface area (Å²) in [5, 5.41) is 43.9. The number of aliphatic hydroxyl groups is 4. The highest BCUT2D eigenvalue weighted by Crippen LogP contribution is 2.32. The van der Waals surface area contributed by atoms with E-state index in [1.165, 1.54) is 37.9 Å². The summed E-state index contributed by atoms with van der Waals surface area (Å²) < 4.78 is 5.72. The fraction of sp³-hybridized carbons (Fsp3) is 0.950. The predicted octanol–water partition coefficient (Wildman–Crippen LogP) is 0.128. The first-order valence-corrected chi connectivity index (χ1v) is 11.9. The van der Waals surface area contributed by atoms with Crippen molar-refractivity contribution in [3.63, 3.8) is 0 Å². The summed E-state index contributed by atoms with van der Waals surface area (Å²) in [6.45, 7) is 4.56. The normalized spacial score (nSPS) is 38.0. The van der Waals surface area contributed by atoms with E-state index in [0.717, 1.165) is 19.4 Å². The highest BCUT2D eigenvalue weighted by molar-refractivity contribution is 7.99. The van der Waals surface area contributed by atoms with Gasteiger partial charge in [0, 0.05) is 6.54 Å². The van der Waals surface area contributed by atoms with Crippen molar-refractivity contribution >= 4 is 17.7 Å². The summed E-state index contributed by atoms with van der Waals surface area (Å²) in [6, 6.07) is 0. The number of hydrogen-bond acceptors (Lipinski definition) is 8. The lowest BCUT2D eigenvalue weighted by atomic mass is 9.86. The number of nitrogens with zero attached hydrogens (tertiary/aromatic N) is 1. The van der Waals surface area contributed by atoms with Gasteiger partial charge in [-0.1, -0.05) is 26.2 Å². The van der Waals surface area contributed by atoms with Gasteiger partial charge in [0.2, 0.25) is 5.91 Å². The van der Waals surface area contributed by atoms with Crippen molar-refractivity contribution in [2.45, 2.75) is 88.1 Å². The molecule has 2 rings (SSSR count). The lowest BCUT2D eigenvalue weighted by Gasteiger charge is -2.43. The number of likely N-dealkylation sites (tertiary alicyclic amines) is 1. The number of hydrogen-bond donors (Lipinski definition) is 5. The summed E-state index contributed by atoms with van der Waals surface area (Å²) in [7, 11) is 1.97. The van der Waals surface area contributed by atoms with E-state index in [2.05, 4.69) is 17.1 Å². The van der Waals surface area contributed by atoms with Gasteiger partial charge in [0.1, 0.15) is 29.9 Å². The van der Waals surface area contributed by atoms with E-state index in [1.807, 2.05) is 7.05 Å². The maximum absolute atomic E-state index is 13.0. The zero-order chi connectivity index (χ0) is 21.7. The molecule has 2 fully saturated rings. The Balaban J connectivity index is 2.04. The Morgan fingerprint density at radius 1 is 1.24 bits per heavy atom. The molecule has 2 saturated heterocycles. The number of rotatable bonds is 9. The number of carbonyl (C=O) groups excluding carboxylic acids is 1. The third-order valence-corrected chi connectivity index (χ3v) is 7.03. The van der Waals surface area contributed by atoms with Crippen molar-refractivity contribution in [2.24, 2.45) is 11.8 Å². The number of aliphatic hydroxyl groups excluding tert-OH is 4. The molecule has 5 N–H and O–H groups in total. The van der Waals surface area contributed by atoms with Gasteiger partial charge in [-0.3, -0.25) is 9.69 Å². The Hall–Kier alpha value is -0.420. The quantitative estimate of drug-likeness (QED) is 0.325. The van der Waals surface area contributed by atoms with Gasteiger partial charge in [0.05, 0.1) is 18.2 Å². The molecule has 0 saturated carbocycles. The minimum Gasteiger partial charge on any atom is -0.392 e. The number of ether oxygens (including phenoxy) is 1. The molecule has 29 heavy (non-hydrogen) atoms. The third-order valence-electron chi connectivity index (χ3n) is 6.17. The standard InChI is InChI=1S/C20H38N2O6S/c1-5-6-7-8-12-9-13(22(3)10-12)21-19(27)14(11(2)23)18-16(25)15(24)17(26)20(28-18)29-4/h11-18,20,23-26H,5-10H2,1-4H3,(H,21,27). The van der Waals surface area contributed by atoms with Crippen molar-refractivity contribution in [3.8, 4) is 0 Å². The van der Waals surface area contributed by atoms with Gasteiger partial charge >= 0.3 is 0 Å². The molecule has 2 aliphatic rings. The van der Waals surface area contributed by atoms with Gasteiger partial charge in [-0.05, 0) is 39.0 Å². The third kappa shape index (κ3) is 6.06. The van der Waals surface area contributed by atoms with Gasteiger partial charge < -0.3 is 30.5 Å². The van der Waals surface area contributed by atoms with Crippen molar-refractivity contribution in [2.75, 3.05) is 19.8 Å². The summed E-state index contributed by atoms with van der Waals surface area (Å²) >= 11 is 1.18. The van der Waals surface area contributed by atoms with Gasteiger partial charge in [-0.25, -0.2) is 0 Å². The molecule has 9 heteroatoms.